The lowest BCUT2D eigenvalue weighted by Crippen LogP contribution is -2.40. The highest BCUT2D eigenvalue weighted by molar-refractivity contribution is 7.80. The Kier molecular flexibility index (Phi) is 4.58. The monoisotopic (exact) mass is 276 g/mol. The molecule has 1 heterocycles. The van der Waals surface area contributed by atoms with E-state index in [9.17, 15) is 0 Å². The molecule has 2 rings (SSSR count). The Hall–Kier alpha value is -0.930. The topological polar surface area (TPSA) is 29.3 Å². The van der Waals surface area contributed by atoms with Crippen LogP contribution in [0, 0.1) is 12.8 Å². The van der Waals surface area contributed by atoms with Crippen molar-refractivity contribution in [3.63, 3.8) is 0 Å². The van der Waals surface area contributed by atoms with E-state index in [1.165, 1.54) is 30.5 Å². The van der Waals surface area contributed by atoms with Gasteiger partial charge in [0, 0.05) is 24.7 Å². The first-order chi connectivity index (χ1) is 8.97. The van der Waals surface area contributed by atoms with Crippen molar-refractivity contribution in [2.75, 3.05) is 6.54 Å². The molecule has 1 saturated heterocycles. The van der Waals surface area contributed by atoms with Crippen molar-refractivity contribution in [1.29, 1.82) is 0 Å². The SMILES string of the molecule is Cc1cc(C(N)=S)ccc1CN1CC(C)CCC1C. The highest BCUT2D eigenvalue weighted by Crippen LogP contribution is 2.24. The lowest BCUT2D eigenvalue weighted by atomic mass is 9.94. The third kappa shape index (κ3) is 3.54. The summed E-state index contributed by atoms with van der Waals surface area (Å²) in [6.45, 7) is 9.08. The Morgan fingerprint density at radius 1 is 1.37 bits per heavy atom. The summed E-state index contributed by atoms with van der Waals surface area (Å²) in [5, 5.41) is 0. The van der Waals surface area contributed by atoms with Crippen LogP contribution in [0.15, 0.2) is 18.2 Å². The van der Waals surface area contributed by atoms with Crippen LogP contribution in [-0.2, 0) is 6.54 Å². The third-order valence-corrected chi connectivity index (χ3v) is 4.48. The third-order valence-electron chi connectivity index (χ3n) is 4.25. The molecule has 0 radical (unpaired) electrons. The molecule has 0 bridgehead atoms. The molecular weight excluding hydrogens is 252 g/mol. The first kappa shape index (κ1) is 14.5. The molecule has 0 aromatic heterocycles. The van der Waals surface area contributed by atoms with E-state index < -0.39 is 0 Å². The van der Waals surface area contributed by atoms with Gasteiger partial charge in [0.1, 0.15) is 4.99 Å². The summed E-state index contributed by atoms with van der Waals surface area (Å²) in [5.41, 5.74) is 9.32. The number of likely N-dealkylation sites (tertiary alicyclic amines) is 1. The van der Waals surface area contributed by atoms with Crippen molar-refractivity contribution in [1.82, 2.24) is 4.90 Å². The number of hydrogen-bond acceptors (Lipinski definition) is 2. The zero-order chi connectivity index (χ0) is 14.0. The highest BCUT2D eigenvalue weighted by Gasteiger charge is 2.23. The summed E-state index contributed by atoms with van der Waals surface area (Å²) in [5.74, 6) is 0.812. The smallest absolute Gasteiger partial charge is 0.103 e. The zero-order valence-electron chi connectivity index (χ0n) is 12.1. The second-order valence-electron chi connectivity index (χ2n) is 5.97. The van der Waals surface area contributed by atoms with Crippen LogP contribution < -0.4 is 5.73 Å². The van der Waals surface area contributed by atoms with Crippen LogP contribution in [0.1, 0.15) is 43.4 Å². The second-order valence-corrected chi connectivity index (χ2v) is 6.41. The van der Waals surface area contributed by atoms with Crippen LogP contribution >= 0.6 is 12.2 Å². The molecule has 2 N–H and O–H groups in total. The Morgan fingerprint density at radius 3 is 2.74 bits per heavy atom. The largest absolute Gasteiger partial charge is 0.389 e. The van der Waals surface area contributed by atoms with E-state index in [1.54, 1.807) is 0 Å². The van der Waals surface area contributed by atoms with Crippen LogP contribution in [0.3, 0.4) is 0 Å². The standard InChI is InChI=1S/C16H24N2S/c1-11-4-5-13(3)18(9-11)10-15-7-6-14(16(17)19)8-12(15)2/h6-8,11,13H,4-5,9-10H2,1-3H3,(H2,17,19). The number of piperidine rings is 1. The van der Waals surface area contributed by atoms with E-state index in [4.69, 9.17) is 18.0 Å². The van der Waals surface area contributed by atoms with E-state index in [-0.39, 0.29) is 0 Å². The van der Waals surface area contributed by atoms with Gasteiger partial charge in [-0.1, -0.05) is 31.3 Å². The van der Waals surface area contributed by atoms with Crippen LogP contribution in [0.4, 0.5) is 0 Å². The van der Waals surface area contributed by atoms with Crippen molar-refractivity contribution in [2.45, 2.75) is 46.2 Å². The number of benzene rings is 1. The van der Waals surface area contributed by atoms with Crippen LogP contribution in [0.25, 0.3) is 0 Å². The van der Waals surface area contributed by atoms with Gasteiger partial charge in [0.05, 0.1) is 0 Å². The van der Waals surface area contributed by atoms with Crippen molar-refractivity contribution in [2.24, 2.45) is 11.7 Å². The molecule has 104 valence electrons. The summed E-state index contributed by atoms with van der Waals surface area (Å²) < 4.78 is 0. The Balaban J connectivity index is 2.12. The van der Waals surface area contributed by atoms with Gasteiger partial charge in [-0.3, -0.25) is 4.90 Å². The molecular formula is C16H24N2S. The maximum Gasteiger partial charge on any atom is 0.103 e. The predicted octanol–water partition coefficient (Wildman–Crippen LogP) is 3.25. The van der Waals surface area contributed by atoms with Crippen molar-refractivity contribution < 1.29 is 0 Å². The van der Waals surface area contributed by atoms with Gasteiger partial charge >= 0.3 is 0 Å². The molecule has 0 aliphatic carbocycles. The maximum atomic E-state index is 5.68. The quantitative estimate of drug-likeness (QED) is 0.859. The number of hydrogen-bond donors (Lipinski definition) is 1. The van der Waals surface area contributed by atoms with Crippen LogP contribution in [0.2, 0.25) is 0 Å². The molecule has 2 nitrogen and oxygen atoms in total. The summed E-state index contributed by atoms with van der Waals surface area (Å²) in [4.78, 5) is 3.08. The highest BCUT2D eigenvalue weighted by atomic mass is 32.1. The zero-order valence-corrected chi connectivity index (χ0v) is 13.0. The van der Waals surface area contributed by atoms with Gasteiger partial charge in [0.25, 0.3) is 0 Å². The Morgan fingerprint density at radius 2 is 2.11 bits per heavy atom. The van der Waals surface area contributed by atoms with Gasteiger partial charge in [0.15, 0.2) is 0 Å². The van der Waals surface area contributed by atoms with Crippen LogP contribution in [-0.4, -0.2) is 22.5 Å². The van der Waals surface area contributed by atoms with E-state index >= 15 is 0 Å². The number of nitrogens with zero attached hydrogens (tertiary/aromatic N) is 1. The molecule has 19 heavy (non-hydrogen) atoms. The molecule has 1 fully saturated rings. The fourth-order valence-corrected chi connectivity index (χ4v) is 2.97. The molecule has 1 aliphatic heterocycles. The Bertz CT molecular complexity index is 470. The summed E-state index contributed by atoms with van der Waals surface area (Å²) in [6, 6.07) is 7.01. The lowest BCUT2D eigenvalue weighted by Gasteiger charge is -2.37. The van der Waals surface area contributed by atoms with E-state index in [0.717, 1.165) is 18.0 Å². The molecule has 2 unspecified atom stereocenters. The summed E-state index contributed by atoms with van der Waals surface area (Å²) in [7, 11) is 0. The molecule has 0 amide bonds. The molecule has 1 aliphatic rings. The fraction of sp³-hybridized carbons (Fsp3) is 0.562. The lowest BCUT2D eigenvalue weighted by molar-refractivity contribution is 0.117. The van der Waals surface area contributed by atoms with Crippen LogP contribution in [0.5, 0.6) is 0 Å². The van der Waals surface area contributed by atoms with Crippen molar-refractivity contribution in [3.8, 4) is 0 Å². The van der Waals surface area contributed by atoms with E-state index in [1.807, 2.05) is 6.07 Å². The summed E-state index contributed by atoms with van der Waals surface area (Å²) in [6.07, 6.45) is 2.67. The average Bonchev–Trinajstić information content (AvgIpc) is 2.36. The number of aryl methyl sites for hydroxylation is 1. The summed E-state index contributed by atoms with van der Waals surface area (Å²) >= 11 is 5.03. The van der Waals surface area contributed by atoms with Gasteiger partial charge in [-0.2, -0.15) is 0 Å². The number of rotatable bonds is 3. The molecule has 0 spiro atoms. The predicted molar refractivity (Wildman–Crippen MR) is 85.3 cm³/mol. The first-order valence-corrected chi connectivity index (χ1v) is 7.51. The van der Waals surface area contributed by atoms with Gasteiger partial charge in [0.2, 0.25) is 0 Å². The minimum absolute atomic E-state index is 0.481. The minimum atomic E-state index is 0.481. The van der Waals surface area contributed by atoms with Crippen molar-refractivity contribution in [3.05, 3.63) is 34.9 Å². The molecule has 3 heteroatoms. The normalized spacial score (nSPS) is 24.4. The fourth-order valence-electron chi connectivity index (χ4n) is 2.85. The minimum Gasteiger partial charge on any atom is -0.389 e. The molecule has 0 saturated carbocycles. The van der Waals surface area contributed by atoms with Crippen molar-refractivity contribution >= 4 is 17.2 Å². The number of nitrogens with two attached hydrogens (primary N) is 1. The Labute approximate surface area is 122 Å². The van der Waals surface area contributed by atoms with E-state index in [0.29, 0.717) is 11.0 Å². The van der Waals surface area contributed by atoms with Gasteiger partial charge < -0.3 is 5.73 Å². The molecule has 1 aromatic carbocycles. The number of thiocarbonyl (C=S) groups is 1. The maximum absolute atomic E-state index is 5.68. The first-order valence-electron chi connectivity index (χ1n) is 7.10. The van der Waals surface area contributed by atoms with Gasteiger partial charge in [-0.25, -0.2) is 0 Å². The average molecular weight is 276 g/mol. The van der Waals surface area contributed by atoms with Gasteiger partial charge in [-0.15, -0.1) is 0 Å². The van der Waals surface area contributed by atoms with E-state index in [2.05, 4.69) is 37.8 Å². The molecule has 2 atom stereocenters. The molecule has 1 aromatic rings. The van der Waals surface area contributed by atoms with Gasteiger partial charge in [-0.05, 0) is 49.8 Å². The second kappa shape index (κ2) is 6.02.